The molecule has 0 bridgehead atoms. The second kappa shape index (κ2) is 4.99. The summed E-state index contributed by atoms with van der Waals surface area (Å²) in [5, 5.41) is 15.0. The van der Waals surface area contributed by atoms with Gasteiger partial charge in [0, 0.05) is 18.7 Å². The van der Waals surface area contributed by atoms with E-state index >= 15 is 0 Å². The molecule has 1 aromatic carbocycles. The van der Waals surface area contributed by atoms with Crippen molar-refractivity contribution in [3.05, 3.63) is 35.9 Å². The molecule has 0 fully saturated rings. The number of carboxylic acid groups (broad SMARTS) is 1. The van der Waals surface area contributed by atoms with E-state index in [9.17, 15) is 4.79 Å². The first-order valence-corrected chi connectivity index (χ1v) is 5.74. The molecule has 0 amide bonds. The zero-order valence-corrected chi connectivity index (χ0v) is 9.84. The topological polar surface area (TPSA) is 52.9 Å². The Morgan fingerprint density at radius 3 is 2.82 bits per heavy atom. The van der Waals surface area contributed by atoms with Crippen LogP contribution in [0.2, 0.25) is 0 Å². The van der Waals surface area contributed by atoms with Crippen LogP contribution in [0.25, 0.3) is 0 Å². The van der Waals surface area contributed by atoms with E-state index in [4.69, 9.17) is 5.11 Å². The van der Waals surface area contributed by atoms with Gasteiger partial charge in [0.1, 0.15) is 0 Å². The van der Waals surface area contributed by atoms with Crippen LogP contribution in [0.5, 0.6) is 0 Å². The fourth-order valence-corrected chi connectivity index (χ4v) is 2.10. The molecular weight excluding hydrogens is 216 g/mol. The molecule has 2 rings (SSSR count). The second-order valence-corrected chi connectivity index (χ2v) is 4.27. The van der Waals surface area contributed by atoms with Gasteiger partial charge >= 0.3 is 5.97 Å². The van der Waals surface area contributed by atoms with Crippen LogP contribution in [0, 0.1) is 0 Å². The number of benzene rings is 1. The van der Waals surface area contributed by atoms with Gasteiger partial charge in [0.05, 0.1) is 12.5 Å². The van der Waals surface area contributed by atoms with E-state index in [0.717, 1.165) is 12.1 Å². The van der Waals surface area contributed by atoms with Crippen molar-refractivity contribution in [3.63, 3.8) is 0 Å². The molecule has 0 saturated heterocycles. The zero-order valence-electron chi connectivity index (χ0n) is 9.84. The second-order valence-electron chi connectivity index (χ2n) is 4.27. The van der Waals surface area contributed by atoms with Gasteiger partial charge in [0.25, 0.3) is 0 Å². The molecule has 0 aliphatic carbocycles. The van der Waals surface area contributed by atoms with Crippen molar-refractivity contribution in [1.82, 2.24) is 5.01 Å². The molecule has 1 aliphatic rings. The monoisotopic (exact) mass is 232 g/mol. The number of nitrogens with zero attached hydrogens (tertiary/aromatic N) is 2. The largest absolute Gasteiger partial charge is 0.481 e. The molecule has 1 aromatic rings. The van der Waals surface area contributed by atoms with Crippen molar-refractivity contribution >= 4 is 11.7 Å². The maximum atomic E-state index is 10.6. The first-order chi connectivity index (χ1) is 8.16. The molecule has 1 heterocycles. The van der Waals surface area contributed by atoms with Gasteiger partial charge in [-0.2, -0.15) is 5.10 Å². The Hall–Kier alpha value is -1.84. The normalized spacial score (nSPS) is 19.2. The van der Waals surface area contributed by atoms with Gasteiger partial charge in [-0.25, -0.2) is 0 Å². The molecule has 1 N–H and O–H groups in total. The van der Waals surface area contributed by atoms with Crippen molar-refractivity contribution < 1.29 is 9.90 Å². The number of hydrazone groups is 1. The van der Waals surface area contributed by atoms with E-state index in [0.29, 0.717) is 6.54 Å². The average Bonchev–Trinajstić information content (AvgIpc) is 2.69. The summed E-state index contributed by atoms with van der Waals surface area (Å²) in [4.78, 5) is 10.6. The number of hydrogen-bond acceptors (Lipinski definition) is 3. The number of carbonyl (C=O) groups is 1. The molecule has 90 valence electrons. The molecular formula is C13H16N2O2. The van der Waals surface area contributed by atoms with Crippen molar-refractivity contribution in [3.8, 4) is 0 Å². The molecule has 0 unspecified atom stereocenters. The predicted molar refractivity (Wildman–Crippen MR) is 65.9 cm³/mol. The molecule has 1 aliphatic heterocycles. The summed E-state index contributed by atoms with van der Waals surface area (Å²) in [5.41, 5.74) is 2.25. The Kier molecular flexibility index (Phi) is 3.42. The Bertz CT molecular complexity index is 428. The van der Waals surface area contributed by atoms with Crippen molar-refractivity contribution in [2.75, 3.05) is 6.54 Å². The lowest BCUT2D eigenvalue weighted by molar-refractivity contribution is -0.137. The van der Waals surface area contributed by atoms with Crippen LogP contribution in [-0.4, -0.2) is 28.3 Å². The third kappa shape index (κ3) is 2.84. The lowest BCUT2D eigenvalue weighted by Crippen LogP contribution is -2.22. The number of carboxylic acids is 1. The maximum Gasteiger partial charge on any atom is 0.305 e. The summed E-state index contributed by atoms with van der Waals surface area (Å²) in [5.74, 6) is -0.781. The lowest BCUT2D eigenvalue weighted by atomic mass is 10.0. The summed E-state index contributed by atoms with van der Waals surface area (Å²) < 4.78 is 0. The highest BCUT2D eigenvalue weighted by molar-refractivity contribution is 5.83. The first kappa shape index (κ1) is 11.6. The van der Waals surface area contributed by atoms with Gasteiger partial charge in [-0.3, -0.25) is 9.80 Å². The molecule has 0 radical (unpaired) electrons. The van der Waals surface area contributed by atoms with Crippen molar-refractivity contribution in [2.45, 2.75) is 25.8 Å². The smallest absolute Gasteiger partial charge is 0.305 e. The van der Waals surface area contributed by atoms with E-state index in [-0.39, 0.29) is 12.5 Å². The minimum atomic E-state index is -0.781. The summed E-state index contributed by atoms with van der Waals surface area (Å²) >= 11 is 0. The number of hydrogen-bond donors (Lipinski definition) is 1. The molecule has 1 atom stereocenters. The van der Waals surface area contributed by atoms with E-state index in [1.54, 1.807) is 0 Å². The van der Waals surface area contributed by atoms with Crippen molar-refractivity contribution in [1.29, 1.82) is 0 Å². The van der Waals surface area contributed by atoms with E-state index < -0.39 is 5.97 Å². The van der Waals surface area contributed by atoms with Crippen molar-refractivity contribution in [2.24, 2.45) is 5.10 Å². The van der Waals surface area contributed by atoms with Crippen LogP contribution in [0.4, 0.5) is 0 Å². The number of aliphatic carboxylic acids is 1. The lowest BCUT2D eigenvalue weighted by Gasteiger charge is -2.23. The standard InChI is InChI=1S/C13H16N2O2/c1-10-9-12(11-5-3-2-4-6-11)15(14-10)8-7-13(16)17/h2-6,12H,7-9H2,1H3,(H,16,17)/t12-/m1/s1. The summed E-state index contributed by atoms with van der Waals surface area (Å²) in [6, 6.07) is 10.3. The van der Waals surface area contributed by atoms with Gasteiger partial charge in [0.2, 0.25) is 0 Å². The quantitative estimate of drug-likeness (QED) is 0.866. The molecule has 0 aromatic heterocycles. The Labute approximate surface area is 101 Å². The van der Waals surface area contributed by atoms with Crippen LogP contribution in [0.15, 0.2) is 35.4 Å². The highest BCUT2D eigenvalue weighted by Gasteiger charge is 2.25. The van der Waals surface area contributed by atoms with Gasteiger partial charge < -0.3 is 5.11 Å². The van der Waals surface area contributed by atoms with E-state index in [1.807, 2.05) is 30.1 Å². The average molecular weight is 232 g/mol. The van der Waals surface area contributed by atoms with E-state index in [1.165, 1.54) is 5.56 Å². The van der Waals surface area contributed by atoms with Crippen LogP contribution in [0.1, 0.15) is 31.4 Å². The van der Waals surface area contributed by atoms with Crippen LogP contribution in [-0.2, 0) is 4.79 Å². The Morgan fingerprint density at radius 2 is 2.18 bits per heavy atom. The third-order valence-electron chi connectivity index (χ3n) is 2.89. The van der Waals surface area contributed by atoms with Gasteiger partial charge in [-0.1, -0.05) is 30.3 Å². The molecule has 17 heavy (non-hydrogen) atoms. The molecule has 4 heteroatoms. The highest BCUT2D eigenvalue weighted by Crippen LogP contribution is 2.30. The van der Waals surface area contributed by atoms with E-state index in [2.05, 4.69) is 17.2 Å². The molecule has 0 spiro atoms. The SMILES string of the molecule is CC1=NN(CCC(=O)O)[C@@H](c2ccccc2)C1. The fraction of sp³-hybridized carbons (Fsp3) is 0.385. The molecule has 0 saturated carbocycles. The van der Waals surface area contributed by atoms with Crippen LogP contribution in [0.3, 0.4) is 0 Å². The van der Waals surface area contributed by atoms with Crippen LogP contribution < -0.4 is 0 Å². The minimum Gasteiger partial charge on any atom is -0.481 e. The predicted octanol–water partition coefficient (Wildman–Crippen LogP) is 2.28. The summed E-state index contributed by atoms with van der Waals surface area (Å²) in [7, 11) is 0. The molecule has 4 nitrogen and oxygen atoms in total. The minimum absolute atomic E-state index is 0.125. The summed E-state index contributed by atoms with van der Waals surface area (Å²) in [6.45, 7) is 2.45. The Balaban J connectivity index is 2.09. The third-order valence-corrected chi connectivity index (χ3v) is 2.89. The van der Waals surface area contributed by atoms with Gasteiger partial charge in [-0.15, -0.1) is 0 Å². The Morgan fingerprint density at radius 1 is 1.47 bits per heavy atom. The fourth-order valence-electron chi connectivity index (χ4n) is 2.10. The van der Waals surface area contributed by atoms with Crippen LogP contribution >= 0.6 is 0 Å². The highest BCUT2D eigenvalue weighted by atomic mass is 16.4. The zero-order chi connectivity index (χ0) is 12.3. The number of rotatable bonds is 4. The van der Waals surface area contributed by atoms with Gasteiger partial charge in [0.15, 0.2) is 0 Å². The summed E-state index contributed by atoms with van der Waals surface area (Å²) in [6.07, 6.45) is 1.00. The first-order valence-electron chi connectivity index (χ1n) is 5.74. The van der Waals surface area contributed by atoms with Gasteiger partial charge in [-0.05, 0) is 12.5 Å². The maximum absolute atomic E-state index is 10.6.